The van der Waals surface area contributed by atoms with Crippen LogP contribution >= 0.6 is 0 Å². The molecule has 22 heavy (non-hydrogen) atoms. The normalized spacial score (nSPS) is 20.9. The summed E-state index contributed by atoms with van der Waals surface area (Å²) in [5, 5.41) is 0. The van der Waals surface area contributed by atoms with Crippen molar-refractivity contribution in [3.63, 3.8) is 0 Å². The first-order chi connectivity index (χ1) is 10.3. The van der Waals surface area contributed by atoms with E-state index in [0.29, 0.717) is 25.3 Å². The van der Waals surface area contributed by atoms with Crippen molar-refractivity contribution in [3.8, 4) is 0 Å². The molecule has 0 aliphatic carbocycles. The molecule has 0 saturated carbocycles. The van der Waals surface area contributed by atoms with Crippen molar-refractivity contribution in [2.45, 2.75) is 39.0 Å². The summed E-state index contributed by atoms with van der Waals surface area (Å²) >= 11 is 0. The van der Waals surface area contributed by atoms with Gasteiger partial charge in [0.25, 0.3) is 5.56 Å². The molecule has 1 saturated heterocycles. The van der Waals surface area contributed by atoms with Gasteiger partial charge >= 0.3 is 0 Å². The van der Waals surface area contributed by atoms with Crippen LogP contribution in [0.15, 0.2) is 23.1 Å². The molecule has 0 radical (unpaired) electrons. The third-order valence-electron chi connectivity index (χ3n) is 3.70. The Morgan fingerprint density at radius 2 is 2.23 bits per heavy atom. The molecule has 1 aromatic heterocycles. The lowest BCUT2D eigenvalue weighted by Gasteiger charge is -2.42. The number of methoxy groups -OCH3 is 1. The van der Waals surface area contributed by atoms with Gasteiger partial charge in [0.1, 0.15) is 6.54 Å². The third kappa shape index (κ3) is 3.96. The highest BCUT2D eigenvalue weighted by atomic mass is 16.5. The van der Waals surface area contributed by atoms with Crippen molar-refractivity contribution in [2.75, 3.05) is 26.8 Å². The summed E-state index contributed by atoms with van der Waals surface area (Å²) in [4.78, 5) is 26.3. The summed E-state index contributed by atoms with van der Waals surface area (Å²) in [7, 11) is 1.61. The van der Waals surface area contributed by atoms with E-state index in [-0.39, 0.29) is 24.1 Å². The summed E-state index contributed by atoms with van der Waals surface area (Å²) in [5.41, 5.74) is 0.0842. The maximum Gasteiger partial charge on any atom is 0.253 e. The fraction of sp³-hybridized carbons (Fsp3) is 0.625. The SMILES string of the molecule is COC[C@H]1CN(C(=O)Cn2cccc(C)c2=O)CC(C)(C)O1. The van der Waals surface area contributed by atoms with E-state index in [1.54, 1.807) is 37.3 Å². The molecule has 1 atom stereocenters. The third-order valence-corrected chi connectivity index (χ3v) is 3.70. The van der Waals surface area contributed by atoms with E-state index < -0.39 is 5.60 Å². The van der Waals surface area contributed by atoms with Gasteiger partial charge in [-0.3, -0.25) is 9.59 Å². The molecule has 122 valence electrons. The Bertz CT molecular complexity index is 594. The van der Waals surface area contributed by atoms with E-state index in [1.807, 2.05) is 13.8 Å². The summed E-state index contributed by atoms with van der Waals surface area (Å²) in [6.45, 7) is 7.13. The van der Waals surface area contributed by atoms with E-state index in [1.165, 1.54) is 4.57 Å². The van der Waals surface area contributed by atoms with E-state index in [2.05, 4.69) is 0 Å². The van der Waals surface area contributed by atoms with E-state index in [4.69, 9.17) is 9.47 Å². The van der Waals surface area contributed by atoms with Crippen LogP contribution in [0.25, 0.3) is 0 Å². The van der Waals surface area contributed by atoms with E-state index in [9.17, 15) is 9.59 Å². The van der Waals surface area contributed by atoms with Crippen molar-refractivity contribution >= 4 is 5.91 Å². The molecule has 0 unspecified atom stereocenters. The minimum atomic E-state index is -0.422. The zero-order valence-corrected chi connectivity index (χ0v) is 13.7. The number of hydrogen-bond donors (Lipinski definition) is 0. The van der Waals surface area contributed by atoms with Crippen LogP contribution in [0.3, 0.4) is 0 Å². The number of ether oxygens (including phenoxy) is 2. The molecule has 0 N–H and O–H groups in total. The molecule has 0 aromatic carbocycles. The topological polar surface area (TPSA) is 60.8 Å². The molecule has 6 heteroatoms. The van der Waals surface area contributed by atoms with Crippen molar-refractivity contribution in [1.82, 2.24) is 9.47 Å². The van der Waals surface area contributed by atoms with Gasteiger partial charge in [-0.1, -0.05) is 6.07 Å². The molecule has 1 fully saturated rings. The van der Waals surface area contributed by atoms with Gasteiger partial charge in [0, 0.05) is 32.0 Å². The number of aromatic nitrogens is 1. The summed E-state index contributed by atoms with van der Waals surface area (Å²) in [6, 6.07) is 3.52. The highest BCUT2D eigenvalue weighted by Crippen LogP contribution is 2.21. The zero-order valence-electron chi connectivity index (χ0n) is 13.7. The summed E-state index contributed by atoms with van der Waals surface area (Å²) < 4.78 is 12.5. The van der Waals surface area contributed by atoms with Crippen LogP contribution in [-0.2, 0) is 20.8 Å². The predicted octanol–water partition coefficient (Wildman–Crippen LogP) is 0.809. The first-order valence-electron chi connectivity index (χ1n) is 7.43. The van der Waals surface area contributed by atoms with E-state index in [0.717, 1.165) is 0 Å². The fourth-order valence-corrected chi connectivity index (χ4v) is 2.79. The minimum absolute atomic E-state index is 0.0519. The monoisotopic (exact) mass is 308 g/mol. The summed E-state index contributed by atoms with van der Waals surface area (Å²) in [6.07, 6.45) is 1.50. The largest absolute Gasteiger partial charge is 0.382 e. The molecule has 1 aliphatic rings. The fourth-order valence-electron chi connectivity index (χ4n) is 2.79. The van der Waals surface area contributed by atoms with Crippen LogP contribution in [0.5, 0.6) is 0 Å². The number of hydrogen-bond acceptors (Lipinski definition) is 4. The second-order valence-electron chi connectivity index (χ2n) is 6.35. The number of amides is 1. The van der Waals surface area contributed by atoms with Crippen LogP contribution in [0.1, 0.15) is 19.4 Å². The van der Waals surface area contributed by atoms with Gasteiger partial charge in [-0.25, -0.2) is 0 Å². The minimum Gasteiger partial charge on any atom is -0.382 e. The second kappa shape index (κ2) is 6.62. The molecule has 1 amide bonds. The molecule has 1 aromatic rings. The maximum atomic E-state index is 12.5. The number of nitrogens with zero attached hydrogens (tertiary/aromatic N) is 2. The Balaban J connectivity index is 2.11. The lowest BCUT2D eigenvalue weighted by atomic mass is 10.1. The van der Waals surface area contributed by atoms with Crippen LogP contribution in [0.2, 0.25) is 0 Å². The number of carbonyl (C=O) groups excluding carboxylic acids is 1. The van der Waals surface area contributed by atoms with Gasteiger partial charge in [-0.15, -0.1) is 0 Å². The van der Waals surface area contributed by atoms with Gasteiger partial charge in [0.05, 0.1) is 18.3 Å². The quantitative estimate of drug-likeness (QED) is 0.826. The Labute approximate surface area is 130 Å². The molecule has 2 heterocycles. The lowest BCUT2D eigenvalue weighted by molar-refractivity contribution is -0.169. The lowest BCUT2D eigenvalue weighted by Crippen LogP contribution is -2.56. The Morgan fingerprint density at radius 3 is 2.91 bits per heavy atom. The van der Waals surface area contributed by atoms with Crippen molar-refractivity contribution < 1.29 is 14.3 Å². The van der Waals surface area contributed by atoms with Crippen molar-refractivity contribution in [1.29, 1.82) is 0 Å². The Morgan fingerprint density at radius 1 is 1.50 bits per heavy atom. The first-order valence-corrected chi connectivity index (χ1v) is 7.43. The number of aryl methyl sites for hydroxylation is 1. The van der Waals surface area contributed by atoms with Gasteiger partial charge in [-0.2, -0.15) is 0 Å². The van der Waals surface area contributed by atoms with Gasteiger partial charge < -0.3 is 18.9 Å². The Kier molecular flexibility index (Phi) is 5.03. The standard InChI is InChI=1S/C16H24N2O4/c1-12-6-5-7-17(15(12)20)9-14(19)18-8-13(10-21-4)22-16(2,3)11-18/h5-7,13H,8-11H2,1-4H3/t13-/m1/s1. The van der Waals surface area contributed by atoms with Crippen LogP contribution in [0.4, 0.5) is 0 Å². The molecule has 2 rings (SSSR count). The van der Waals surface area contributed by atoms with Crippen molar-refractivity contribution in [3.05, 3.63) is 34.2 Å². The predicted molar refractivity (Wildman–Crippen MR) is 82.8 cm³/mol. The van der Waals surface area contributed by atoms with Crippen LogP contribution in [0, 0.1) is 6.92 Å². The molecular weight excluding hydrogens is 284 g/mol. The highest BCUT2D eigenvalue weighted by molar-refractivity contribution is 5.76. The molecule has 0 bridgehead atoms. The summed E-state index contributed by atoms with van der Waals surface area (Å²) in [5.74, 6) is -0.0785. The van der Waals surface area contributed by atoms with E-state index >= 15 is 0 Å². The molecule has 1 aliphatic heterocycles. The highest BCUT2D eigenvalue weighted by Gasteiger charge is 2.35. The average Bonchev–Trinajstić information content (AvgIpc) is 2.42. The number of morpholine rings is 1. The molecule has 6 nitrogen and oxygen atoms in total. The average molecular weight is 308 g/mol. The second-order valence-corrected chi connectivity index (χ2v) is 6.35. The van der Waals surface area contributed by atoms with Gasteiger partial charge in [0.15, 0.2) is 0 Å². The van der Waals surface area contributed by atoms with Crippen LogP contribution in [-0.4, -0.2) is 53.9 Å². The number of pyridine rings is 1. The number of rotatable bonds is 4. The van der Waals surface area contributed by atoms with Crippen molar-refractivity contribution in [2.24, 2.45) is 0 Å². The smallest absolute Gasteiger partial charge is 0.253 e. The maximum absolute atomic E-state index is 12.5. The van der Waals surface area contributed by atoms with Gasteiger partial charge in [0.2, 0.25) is 5.91 Å². The Hall–Kier alpha value is -1.66. The molecule has 0 spiro atoms. The first kappa shape index (κ1) is 16.7. The zero-order chi connectivity index (χ0) is 16.3. The van der Waals surface area contributed by atoms with Gasteiger partial charge in [-0.05, 0) is 26.8 Å². The number of carbonyl (C=O) groups is 1. The van der Waals surface area contributed by atoms with Crippen LogP contribution < -0.4 is 5.56 Å². The molecular formula is C16H24N2O4.